The molecule has 1 saturated heterocycles. The summed E-state index contributed by atoms with van der Waals surface area (Å²) in [5.74, 6) is 0.293. The Kier molecular flexibility index (Phi) is 3.31. The average molecular weight is 186 g/mol. The Bertz CT molecular complexity index is 191. The van der Waals surface area contributed by atoms with Crippen molar-refractivity contribution in [2.45, 2.75) is 33.3 Å². The Balaban J connectivity index is 2.61. The highest BCUT2D eigenvalue weighted by Crippen LogP contribution is 2.29. The molecule has 0 aromatic rings. The molecule has 1 heterocycles. The first-order valence-corrected chi connectivity index (χ1v) is 4.87. The maximum Gasteiger partial charge on any atom is 0.308 e. The monoisotopic (exact) mass is 186 g/mol. The Morgan fingerprint density at radius 1 is 1.62 bits per heavy atom. The summed E-state index contributed by atoms with van der Waals surface area (Å²) >= 11 is 0. The van der Waals surface area contributed by atoms with Gasteiger partial charge in [0.2, 0.25) is 0 Å². The summed E-state index contributed by atoms with van der Waals surface area (Å²) in [6, 6.07) is 0. The molecule has 3 nitrogen and oxygen atoms in total. The van der Waals surface area contributed by atoms with Gasteiger partial charge in [-0.05, 0) is 12.3 Å². The van der Waals surface area contributed by atoms with E-state index in [2.05, 4.69) is 6.92 Å². The van der Waals surface area contributed by atoms with E-state index in [0.29, 0.717) is 5.92 Å². The third-order valence-electron chi connectivity index (χ3n) is 2.79. The molecule has 1 aliphatic rings. The molecule has 76 valence electrons. The Morgan fingerprint density at radius 3 is 2.77 bits per heavy atom. The van der Waals surface area contributed by atoms with Gasteiger partial charge in [-0.2, -0.15) is 0 Å². The summed E-state index contributed by atoms with van der Waals surface area (Å²) in [6.07, 6.45) is 0.766. The number of aliphatic hydroxyl groups excluding tert-OH is 1. The third-order valence-corrected chi connectivity index (χ3v) is 2.79. The molecule has 0 aliphatic carbocycles. The van der Waals surface area contributed by atoms with Crippen molar-refractivity contribution in [2.75, 3.05) is 6.61 Å². The van der Waals surface area contributed by atoms with Crippen molar-refractivity contribution in [1.82, 2.24) is 0 Å². The second-order valence-corrected chi connectivity index (χ2v) is 4.18. The fourth-order valence-electron chi connectivity index (χ4n) is 1.94. The highest BCUT2D eigenvalue weighted by atomic mass is 16.5. The summed E-state index contributed by atoms with van der Waals surface area (Å²) in [4.78, 5) is 11.3. The molecule has 0 spiro atoms. The van der Waals surface area contributed by atoms with Crippen LogP contribution >= 0.6 is 0 Å². The van der Waals surface area contributed by atoms with Crippen LogP contribution in [0.1, 0.15) is 27.2 Å². The molecule has 1 unspecified atom stereocenters. The Hall–Kier alpha value is -0.570. The smallest absolute Gasteiger partial charge is 0.308 e. The van der Waals surface area contributed by atoms with Gasteiger partial charge in [-0.1, -0.05) is 20.8 Å². The largest absolute Gasteiger partial charge is 0.462 e. The number of rotatable bonds is 2. The summed E-state index contributed by atoms with van der Waals surface area (Å²) in [6.45, 7) is 5.94. The van der Waals surface area contributed by atoms with Crippen molar-refractivity contribution in [3.63, 3.8) is 0 Å². The summed E-state index contributed by atoms with van der Waals surface area (Å²) in [5, 5.41) is 8.97. The molecule has 0 aromatic carbocycles. The van der Waals surface area contributed by atoms with Gasteiger partial charge < -0.3 is 9.84 Å². The van der Waals surface area contributed by atoms with E-state index in [4.69, 9.17) is 9.84 Å². The molecule has 0 saturated carbocycles. The number of cyclic esters (lactones) is 1. The van der Waals surface area contributed by atoms with E-state index in [0.717, 1.165) is 6.42 Å². The molecule has 13 heavy (non-hydrogen) atoms. The van der Waals surface area contributed by atoms with Gasteiger partial charge in [-0.25, -0.2) is 0 Å². The Morgan fingerprint density at radius 2 is 2.23 bits per heavy atom. The molecular formula is C10H18O3. The predicted octanol–water partition coefficient (Wildman–Crippen LogP) is 1.20. The zero-order valence-electron chi connectivity index (χ0n) is 8.49. The summed E-state index contributed by atoms with van der Waals surface area (Å²) in [7, 11) is 0. The minimum atomic E-state index is -0.122. The molecule has 0 radical (unpaired) electrons. The lowest BCUT2D eigenvalue weighted by Gasteiger charge is -2.34. The quantitative estimate of drug-likeness (QED) is 0.659. The maximum absolute atomic E-state index is 11.3. The van der Waals surface area contributed by atoms with Crippen LogP contribution in [0.25, 0.3) is 0 Å². The molecule has 0 bridgehead atoms. The molecule has 1 rings (SSSR count). The molecule has 0 amide bonds. The number of hydrogen-bond acceptors (Lipinski definition) is 3. The number of esters is 1. The molecule has 1 aliphatic heterocycles. The van der Waals surface area contributed by atoms with Crippen LogP contribution in [0, 0.1) is 17.8 Å². The predicted molar refractivity (Wildman–Crippen MR) is 49.1 cm³/mol. The van der Waals surface area contributed by atoms with Crippen molar-refractivity contribution >= 4 is 5.97 Å². The standard InChI is InChI=1S/C10H18O3/c1-6-4-7(2)10(12)13-9(6)8(3)5-11/h6-9,11H,4-5H2,1-3H3/t6-,7?,8-,9-/m1/s1. The molecule has 1 fully saturated rings. The highest BCUT2D eigenvalue weighted by Gasteiger charge is 2.35. The van der Waals surface area contributed by atoms with Crippen molar-refractivity contribution in [3.8, 4) is 0 Å². The first-order chi connectivity index (χ1) is 6.06. The van der Waals surface area contributed by atoms with Gasteiger partial charge in [0.05, 0.1) is 5.92 Å². The van der Waals surface area contributed by atoms with Crippen LogP contribution in [0.15, 0.2) is 0 Å². The maximum atomic E-state index is 11.3. The fourth-order valence-corrected chi connectivity index (χ4v) is 1.94. The first kappa shape index (κ1) is 10.5. The van der Waals surface area contributed by atoms with Crippen LogP contribution in [-0.4, -0.2) is 23.8 Å². The van der Waals surface area contributed by atoms with Gasteiger partial charge in [0, 0.05) is 12.5 Å². The minimum Gasteiger partial charge on any atom is -0.462 e. The van der Waals surface area contributed by atoms with Crippen LogP contribution in [0.5, 0.6) is 0 Å². The van der Waals surface area contributed by atoms with Gasteiger partial charge in [0.1, 0.15) is 6.10 Å². The fraction of sp³-hybridized carbons (Fsp3) is 0.900. The van der Waals surface area contributed by atoms with Gasteiger partial charge >= 0.3 is 5.97 Å². The van der Waals surface area contributed by atoms with Crippen molar-refractivity contribution < 1.29 is 14.6 Å². The average Bonchev–Trinajstić information content (AvgIpc) is 2.10. The van der Waals surface area contributed by atoms with E-state index >= 15 is 0 Å². The topological polar surface area (TPSA) is 46.5 Å². The first-order valence-electron chi connectivity index (χ1n) is 4.87. The van der Waals surface area contributed by atoms with Crippen LogP contribution in [-0.2, 0) is 9.53 Å². The van der Waals surface area contributed by atoms with Crippen LogP contribution in [0.2, 0.25) is 0 Å². The van der Waals surface area contributed by atoms with Gasteiger partial charge in [0.25, 0.3) is 0 Å². The van der Waals surface area contributed by atoms with Crippen molar-refractivity contribution in [3.05, 3.63) is 0 Å². The zero-order chi connectivity index (χ0) is 10.0. The number of aliphatic hydroxyl groups is 1. The summed E-state index contributed by atoms with van der Waals surface area (Å²) in [5.41, 5.74) is 0. The second kappa shape index (κ2) is 4.09. The van der Waals surface area contributed by atoms with Crippen LogP contribution in [0.3, 0.4) is 0 Å². The number of carbonyl (C=O) groups is 1. The van der Waals surface area contributed by atoms with Crippen molar-refractivity contribution in [1.29, 1.82) is 0 Å². The highest BCUT2D eigenvalue weighted by molar-refractivity contribution is 5.73. The van der Waals surface area contributed by atoms with Gasteiger partial charge in [0.15, 0.2) is 0 Å². The van der Waals surface area contributed by atoms with Crippen molar-refractivity contribution in [2.24, 2.45) is 17.8 Å². The van der Waals surface area contributed by atoms with E-state index in [-0.39, 0.29) is 30.5 Å². The molecule has 3 heteroatoms. The Labute approximate surface area is 79.1 Å². The van der Waals surface area contributed by atoms with Gasteiger partial charge in [-0.15, -0.1) is 0 Å². The van der Waals surface area contributed by atoms with E-state index < -0.39 is 0 Å². The van der Waals surface area contributed by atoms with Crippen LogP contribution < -0.4 is 0 Å². The SMILES string of the molecule is CC1C[C@@H](C)[C@H]([C@H](C)CO)OC1=O. The second-order valence-electron chi connectivity index (χ2n) is 4.18. The normalized spacial score (nSPS) is 36.9. The summed E-state index contributed by atoms with van der Waals surface area (Å²) < 4.78 is 5.26. The van der Waals surface area contributed by atoms with E-state index in [9.17, 15) is 4.79 Å². The molecular weight excluding hydrogens is 168 g/mol. The number of hydrogen-bond donors (Lipinski definition) is 1. The number of ether oxygens (including phenoxy) is 1. The third kappa shape index (κ3) is 2.21. The molecule has 1 N–H and O–H groups in total. The molecule has 4 atom stereocenters. The molecule has 0 aromatic heterocycles. The lowest BCUT2D eigenvalue weighted by atomic mass is 9.84. The number of carbonyl (C=O) groups excluding carboxylic acids is 1. The zero-order valence-corrected chi connectivity index (χ0v) is 8.49. The van der Waals surface area contributed by atoms with E-state index in [1.807, 2.05) is 13.8 Å². The van der Waals surface area contributed by atoms with E-state index in [1.54, 1.807) is 0 Å². The lowest BCUT2D eigenvalue weighted by Crippen LogP contribution is -2.40. The lowest BCUT2D eigenvalue weighted by molar-refractivity contribution is -0.169. The van der Waals surface area contributed by atoms with Gasteiger partial charge in [-0.3, -0.25) is 4.79 Å². The van der Waals surface area contributed by atoms with Crippen LogP contribution in [0.4, 0.5) is 0 Å². The minimum absolute atomic E-state index is 0.0112. The van der Waals surface area contributed by atoms with E-state index in [1.165, 1.54) is 0 Å².